The molecule has 0 saturated heterocycles. The molecule has 1 aromatic heterocycles. The maximum Gasteiger partial charge on any atom is 0.237 e. The summed E-state index contributed by atoms with van der Waals surface area (Å²) in [5.74, 6) is 0.842. The molecule has 12 heteroatoms. The Hall–Kier alpha value is -2.20. The van der Waals surface area contributed by atoms with Crippen LogP contribution in [-0.2, 0) is 4.79 Å². The van der Waals surface area contributed by atoms with Crippen LogP contribution in [0.3, 0.4) is 0 Å². The third-order valence-electron chi connectivity index (χ3n) is 3.97. The number of benzene rings is 2. The van der Waals surface area contributed by atoms with Gasteiger partial charge in [0.25, 0.3) is 0 Å². The molecule has 3 aromatic rings. The average molecular weight is 489 g/mol. The van der Waals surface area contributed by atoms with Crippen molar-refractivity contribution >= 4 is 58.2 Å². The van der Waals surface area contributed by atoms with Crippen molar-refractivity contribution in [1.29, 1.82) is 0 Å². The first-order chi connectivity index (χ1) is 14.3. The van der Waals surface area contributed by atoms with E-state index in [1.807, 2.05) is 0 Å². The minimum Gasteiger partial charge on any atom is -0.497 e. The average Bonchev–Trinajstić information content (AvgIpc) is 3.19. The van der Waals surface area contributed by atoms with E-state index in [0.29, 0.717) is 33.1 Å². The van der Waals surface area contributed by atoms with Crippen molar-refractivity contribution in [2.24, 2.45) is 0 Å². The van der Waals surface area contributed by atoms with Crippen LogP contribution in [0, 0.1) is 0 Å². The molecular weight excluding hydrogens is 473 g/mol. The number of anilines is 1. The fourth-order valence-corrected chi connectivity index (χ4v) is 3.82. The summed E-state index contributed by atoms with van der Waals surface area (Å²) in [5.41, 5.74) is 0.932. The van der Waals surface area contributed by atoms with Crippen LogP contribution >= 0.6 is 46.6 Å². The number of carbonyl (C=O) groups is 1. The zero-order valence-electron chi connectivity index (χ0n) is 16.0. The predicted octanol–water partition coefficient (Wildman–Crippen LogP) is 4.76. The first kappa shape index (κ1) is 22.5. The molecule has 0 saturated carbocycles. The number of hydrogen-bond acceptors (Lipinski definition) is 7. The quantitative estimate of drug-likeness (QED) is 0.379. The van der Waals surface area contributed by atoms with Crippen LogP contribution in [0.15, 0.2) is 35.5 Å². The number of aromatic nitrogens is 4. The predicted molar refractivity (Wildman–Crippen MR) is 118 cm³/mol. The third kappa shape index (κ3) is 4.92. The lowest BCUT2D eigenvalue weighted by atomic mass is 10.3. The van der Waals surface area contributed by atoms with E-state index in [2.05, 4.69) is 20.8 Å². The highest BCUT2D eigenvalue weighted by molar-refractivity contribution is 8.00. The molecule has 0 aliphatic heterocycles. The van der Waals surface area contributed by atoms with E-state index in [4.69, 9.17) is 44.3 Å². The molecule has 0 spiro atoms. The first-order valence-electron chi connectivity index (χ1n) is 8.47. The van der Waals surface area contributed by atoms with Crippen molar-refractivity contribution in [1.82, 2.24) is 20.2 Å². The Morgan fingerprint density at radius 3 is 2.53 bits per heavy atom. The Bertz CT molecular complexity index is 1080. The van der Waals surface area contributed by atoms with Gasteiger partial charge in [0.05, 0.1) is 40.2 Å². The zero-order valence-corrected chi connectivity index (χ0v) is 19.1. The number of nitrogens with zero attached hydrogens (tertiary/aromatic N) is 4. The largest absolute Gasteiger partial charge is 0.497 e. The zero-order chi connectivity index (χ0) is 21.8. The standard InChI is InChI=1S/C18H16Cl3N5O3S/c1-9(17(27)22-14-8-12(20)11(19)7-13(14)21)30-18-23-24-25-26(18)15-6-10(28-2)4-5-16(15)29-3/h4-9H,1-3H3,(H,22,27). The number of halogens is 3. The van der Waals surface area contributed by atoms with Crippen molar-refractivity contribution in [3.63, 3.8) is 0 Å². The molecule has 1 atom stereocenters. The molecule has 2 aromatic carbocycles. The fraction of sp³-hybridized carbons (Fsp3) is 0.222. The van der Waals surface area contributed by atoms with Gasteiger partial charge in [0.15, 0.2) is 0 Å². The van der Waals surface area contributed by atoms with Crippen molar-refractivity contribution in [3.8, 4) is 17.2 Å². The van der Waals surface area contributed by atoms with Crippen LogP contribution < -0.4 is 14.8 Å². The molecular formula is C18H16Cl3N5O3S. The van der Waals surface area contributed by atoms with Gasteiger partial charge >= 0.3 is 0 Å². The van der Waals surface area contributed by atoms with E-state index in [1.165, 1.54) is 16.8 Å². The summed E-state index contributed by atoms with van der Waals surface area (Å²) >= 11 is 19.2. The molecule has 0 radical (unpaired) electrons. The van der Waals surface area contributed by atoms with E-state index in [1.54, 1.807) is 39.3 Å². The summed E-state index contributed by atoms with van der Waals surface area (Å²) in [5, 5.41) is 15.2. The maximum absolute atomic E-state index is 12.7. The smallest absolute Gasteiger partial charge is 0.237 e. The second-order valence-electron chi connectivity index (χ2n) is 5.91. The summed E-state index contributed by atoms with van der Waals surface area (Å²) in [4.78, 5) is 12.7. The Morgan fingerprint density at radius 1 is 1.10 bits per heavy atom. The minimum atomic E-state index is -0.558. The fourth-order valence-electron chi connectivity index (χ4n) is 2.43. The number of thioether (sulfide) groups is 1. The van der Waals surface area contributed by atoms with Gasteiger partial charge in [-0.1, -0.05) is 46.6 Å². The molecule has 1 amide bonds. The highest BCUT2D eigenvalue weighted by Gasteiger charge is 2.22. The number of amides is 1. The first-order valence-corrected chi connectivity index (χ1v) is 10.5. The molecule has 0 bridgehead atoms. The Balaban J connectivity index is 1.81. The van der Waals surface area contributed by atoms with Gasteiger partial charge in [0.1, 0.15) is 17.2 Å². The number of nitrogens with one attached hydrogen (secondary N) is 1. The molecule has 1 unspecified atom stereocenters. The van der Waals surface area contributed by atoms with Gasteiger partial charge in [-0.15, -0.1) is 5.10 Å². The van der Waals surface area contributed by atoms with Crippen LogP contribution in [0.2, 0.25) is 15.1 Å². The summed E-state index contributed by atoms with van der Waals surface area (Å²) in [7, 11) is 3.10. The number of methoxy groups -OCH3 is 2. The molecule has 0 aliphatic carbocycles. The molecule has 8 nitrogen and oxygen atoms in total. The third-order valence-corrected chi connectivity index (χ3v) is 6.04. The summed E-state index contributed by atoms with van der Waals surface area (Å²) in [6, 6.07) is 8.20. The molecule has 0 aliphatic rings. The summed E-state index contributed by atoms with van der Waals surface area (Å²) in [6.07, 6.45) is 0. The number of hydrogen-bond donors (Lipinski definition) is 1. The number of rotatable bonds is 7. The highest BCUT2D eigenvalue weighted by Crippen LogP contribution is 2.34. The summed E-state index contributed by atoms with van der Waals surface area (Å²) in [6.45, 7) is 1.72. The lowest BCUT2D eigenvalue weighted by Gasteiger charge is -2.14. The highest BCUT2D eigenvalue weighted by atomic mass is 35.5. The van der Waals surface area contributed by atoms with Gasteiger partial charge in [-0.05, 0) is 41.6 Å². The van der Waals surface area contributed by atoms with Crippen molar-refractivity contribution in [2.75, 3.05) is 19.5 Å². The molecule has 1 N–H and O–H groups in total. The van der Waals surface area contributed by atoms with E-state index >= 15 is 0 Å². The van der Waals surface area contributed by atoms with Crippen molar-refractivity contribution in [3.05, 3.63) is 45.4 Å². The SMILES string of the molecule is COc1ccc(OC)c(-n2nnnc2SC(C)C(=O)Nc2cc(Cl)c(Cl)cc2Cl)c1. The van der Waals surface area contributed by atoms with Gasteiger partial charge in [0, 0.05) is 6.07 Å². The second-order valence-corrected chi connectivity index (χ2v) is 8.44. The van der Waals surface area contributed by atoms with Gasteiger partial charge in [0.2, 0.25) is 11.1 Å². The summed E-state index contributed by atoms with van der Waals surface area (Å²) < 4.78 is 12.1. The van der Waals surface area contributed by atoms with Gasteiger partial charge in [-0.25, -0.2) is 0 Å². The number of tetrazole rings is 1. The van der Waals surface area contributed by atoms with E-state index in [-0.39, 0.29) is 16.0 Å². The van der Waals surface area contributed by atoms with Gasteiger partial charge in [-0.2, -0.15) is 4.68 Å². The van der Waals surface area contributed by atoms with E-state index in [0.717, 1.165) is 11.8 Å². The number of ether oxygens (including phenoxy) is 2. The Labute approximate surface area is 191 Å². The molecule has 0 fully saturated rings. The minimum absolute atomic E-state index is 0.279. The molecule has 158 valence electrons. The van der Waals surface area contributed by atoms with E-state index in [9.17, 15) is 4.79 Å². The van der Waals surface area contributed by atoms with Crippen LogP contribution in [0.1, 0.15) is 6.92 Å². The van der Waals surface area contributed by atoms with Gasteiger partial charge in [-0.3, -0.25) is 4.79 Å². The molecule has 3 rings (SSSR count). The van der Waals surface area contributed by atoms with Crippen LogP contribution in [0.25, 0.3) is 5.69 Å². The maximum atomic E-state index is 12.7. The molecule has 30 heavy (non-hydrogen) atoms. The van der Waals surface area contributed by atoms with Crippen molar-refractivity contribution < 1.29 is 14.3 Å². The van der Waals surface area contributed by atoms with Crippen LogP contribution in [0.5, 0.6) is 11.5 Å². The lowest BCUT2D eigenvalue weighted by molar-refractivity contribution is -0.115. The van der Waals surface area contributed by atoms with Gasteiger partial charge < -0.3 is 14.8 Å². The Morgan fingerprint density at radius 2 is 1.83 bits per heavy atom. The second kappa shape index (κ2) is 9.74. The molecule has 1 heterocycles. The number of carbonyl (C=O) groups excluding carboxylic acids is 1. The van der Waals surface area contributed by atoms with E-state index < -0.39 is 5.25 Å². The van der Waals surface area contributed by atoms with Crippen LogP contribution in [-0.4, -0.2) is 45.6 Å². The van der Waals surface area contributed by atoms with Crippen LogP contribution in [0.4, 0.5) is 5.69 Å². The Kier molecular flexibility index (Phi) is 7.30. The lowest BCUT2D eigenvalue weighted by Crippen LogP contribution is -2.23. The monoisotopic (exact) mass is 487 g/mol. The topological polar surface area (TPSA) is 91.2 Å². The van der Waals surface area contributed by atoms with Crippen molar-refractivity contribution in [2.45, 2.75) is 17.3 Å². The normalized spacial score (nSPS) is 11.8.